The molecule has 2 saturated heterocycles. The van der Waals surface area contributed by atoms with E-state index in [1.54, 1.807) is 13.8 Å². The van der Waals surface area contributed by atoms with E-state index in [1.807, 2.05) is 4.90 Å². The molecular formula is C20H29F3N4O2. The fourth-order valence-electron chi connectivity index (χ4n) is 4.24. The molecule has 1 aromatic rings. The fraction of sp³-hybridized carbons (Fsp3) is 0.750. The van der Waals surface area contributed by atoms with Gasteiger partial charge in [-0.15, -0.1) is 0 Å². The predicted octanol–water partition coefficient (Wildman–Crippen LogP) is 3.74. The number of hydrogen-bond donors (Lipinski definition) is 0. The van der Waals surface area contributed by atoms with Gasteiger partial charge in [0.25, 0.3) is 5.91 Å². The second kappa shape index (κ2) is 8.75. The number of nitrogens with zero attached hydrogens (tertiary/aromatic N) is 4. The van der Waals surface area contributed by atoms with E-state index in [4.69, 9.17) is 0 Å². The van der Waals surface area contributed by atoms with Crippen LogP contribution in [0.4, 0.5) is 13.2 Å². The molecule has 2 aliphatic rings. The molecule has 0 aromatic carbocycles. The molecule has 162 valence electrons. The lowest BCUT2D eigenvalue weighted by Gasteiger charge is -2.34. The van der Waals surface area contributed by atoms with E-state index in [9.17, 15) is 22.8 Å². The number of likely N-dealkylation sites (tertiary alicyclic amines) is 2. The number of rotatable bonds is 3. The SMILES string of the molecule is CC(C)n1ncc(C(=O)N2CCC(C(=O)N3CCCCCC3)CC2)c1C(F)(F)F. The van der Waals surface area contributed by atoms with E-state index in [0.29, 0.717) is 12.8 Å². The van der Waals surface area contributed by atoms with Crippen LogP contribution in [0.3, 0.4) is 0 Å². The van der Waals surface area contributed by atoms with E-state index in [-0.39, 0.29) is 24.9 Å². The van der Waals surface area contributed by atoms with Crippen molar-refractivity contribution in [2.75, 3.05) is 26.2 Å². The Morgan fingerprint density at radius 1 is 1.00 bits per heavy atom. The van der Waals surface area contributed by atoms with Gasteiger partial charge in [0.15, 0.2) is 5.69 Å². The Labute approximate surface area is 169 Å². The summed E-state index contributed by atoms with van der Waals surface area (Å²) in [6.45, 7) is 5.32. The van der Waals surface area contributed by atoms with Crippen molar-refractivity contribution in [1.82, 2.24) is 19.6 Å². The van der Waals surface area contributed by atoms with Crippen LogP contribution in [0.5, 0.6) is 0 Å². The second-order valence-corrected chi connectivity index (χ2v) is 8.25. The summed E-state index contributed by atoms with van der Waals surface area (Å²) in [6.07, 6.45) is 1.64. The third-order valence-corrected chi connectivity index (χ3v) is 5.83. The Hall–Kier alpha value is -2.06. The van der Waals surface area contributed by atoms with Gasteiger partial charge in [-0.25, -0.2) is 0 Å². The minimum atomic E-state index is -4.66. The van der Waals surface area contributed by atoms with Gasteiger partial charge in [0.05, 0.1) is 11.8 Å². The Morgan fingerprint density at radius 3 is 2.10 bits per heavy atom. The first-order chi connectivity index (χ1) is 13.7. The average molecular weight is 414 g/mol. The lowest BCUT2D eigenvalue weighted by molar-refractivity contribution is -0.145. The van der Waals surface area contributed by atoms with E-state index in [2.05, 4.69) is 5.10 Å². The minimum Gasteiger partial charge on any atom is -0.342 e. The lowest BCUT2D eigenvalue weighted by atomic mass is 9.94. The van der Waals surface area contributed by atoms with Crippen LogP contribution in [0.25, 0.3) is 0 Å². The first-order valence-corrected chi connectivity index (χ1v) is 10.4. The summed E-state index contributed by atoms with van der Waals surface area (Å²) in [4.78, 5) is 28.9. The third kappa shape index (κ3) is 4.75. The zero-order valence-corrected chi connectivity index (χ0v) is 17.0. The number of alkyl halides is 3. The number of carbonyl (C=O) groups is 2. The quantitative estimate of drug-likeness (QED) is 0.757. The van der Waals surface area contributed by atoms with E-state index < -0.39 is 29.4 Å². The molecule has 0 saturated carbocycles. The van der Waals surface area contributed by atoms with Crippen molar-refractivity contribution in [2.45, 2.75) is 64.6 Å². The monoisotopic (exact) mass is 414 g/mol. The van der Waals surface area contributed by atoms with Crippen molar-refractivity contribution in [3.05, 3.63) is 17.5 Å². The molecule has 1 aromatic heterocycles. The van der Waals surface area contributed by atoms with Crippen LogP contribution in [0, 0.1) is 5.92 Å². The first-order valence-electron chi connectivity index (χ1n) is 10.4. The van der Waals surface area contributed by atoms with Crippen molar-refractivity contribution in [1.29, 1.82) is 0 Å². The van der Waals surface area contributed by atoms with Gasteiger partial charge in [0, 0.05) is 38.1 Å². The molecule has 6 nitrogen and oxygen atoms in total. The molecule has 3 rings (SSSR count). The fourth-order valence-corrected chi connectivity index (χ4v) is 4.24. The van der Waals surface area contributed by atoms with Gasteiger partial charge >= 0.3 is 6.18 Å². The number of carbonyl (C=O) groups excluding carboxylic acids is 2. The Morgan fingerprint density at radius 2 is 1.59 bits per heavy atom. The topological polar surface area (TPSA) is 58.4 Å². The van der Waals surface area contributed by atoms with Gasteiger partial charge in [-0.3, -0.25) is 14.3 Å². The summed E-state index contributed by atoms with van der Waals surface area (Å²) in [5, 5.41) is 3.80. The molecule has 0 aliphatic carbocycles. The van der Waals surface area contributed by atoms with E-state index in [0.717, 1.165) is 49.7 Å². The molecule has 3 heterocycles. The summed E-state index contributed by atoms with van der Waals surface area (Å²) in [5.74, 6) is -0.690. The Balaban J connectivity index is 1.67. The molecule has 0 radical (unpaired) electrons. The number of amides is 2. The molecule has 0 atom stereocenters. The zero-order chi connectivity index (χ0) is 21.2. The van der Waals surface area contributed by atoms with Gasteiger partial charge in [-0.1, -0.05) is 12.8 Å². The number of aromatic nitrogens is 2. The van der Waals surface area contributed by atoms with Crippen LogP contribution in [0.15, 0.2) is 6.20 Å². The molecule has 2 fully saturated rings. The number of halogens is 3. The van der Waals surface area contributed by atoms with Crippen molar-refractivity contribution in [3.8, 4) is 0 Å². The van der Waals surface area contributed by atoms with E-state index in [1.165, 1.54) is 4.90 Å². The van der Waals surface area contributed by atoms with Crippen molar-refractivity contribution in [2.24, 2.45) is 5.92 Å². The molecule has 0 bridgehead atoms. The summed E-state index contributed by atoms with van der Waals surface area (Å²) >= 11 is 0. The molecule has 0 spiro atoms. The van der Waals surface area contributed by atoms with Crippen LogP contribution in [-0.4, -0.2) is 57.6 Å². The van der Waals surface area contributed by atoms with Crippen LogP contribution >= 0.6 is 0 Å². The van der Waals surface area contributed by atoms with Gasteiger partial charge in [0.1, 0.15) is 0 Å². The minimum absolute atomic E-state index is 0.127. The van der Waals surface area contributed by atoms with Gasteiger partial charge in [0.2, 0.25) is 5.91 Å². The number of piperidine rings is 1. The molecule has 2 amide bonds. The Bertz CT molecular complexity index is 729. The maximum Gasteiger partial charge on any atom is 0.433 e. The Kier molecular flexibility index (Phi) is 6.53. The normalized spacial score (nSPS) is 19.5. The molecule has 0 unspecified atom stereocenters. The van der Waals surface area contributed by atoms with Crippen molar-refractivity contribution >= 4 is 11.8 Å². The maximum absolute atomic E-state index is 13.6. The van der Waals surface area contributed by atoms with E-state index >= 15 is 0 Å². The highest BCUT2D eigenvalue weighted by atomic mass is 19.4. The third-order valence-electron chi connectivity index (χ3n) is 5.83. The highest BCUT2D eigenvalue weighted by Crippen LogP contribution is 2.34. The second-order valence-electron chi connectivity index (χ2n) is 8.25. The van der Waals surface area contributed by atoms with Crippen LogP contribution in [0.1, 0.15) is 74.5 Å². The lowest BCUT2D eigenvalue weighted by Crippen LogP contribution is -2.45. The summed E-state index contributed by atoms with van der Waals surface area (Å²) in [5.41, 5.74) is -1.41. The van der Waals surface area contributed by atoms with Crippen LogP contribution < -0.4 is 0 Å². The smallest absolute Gasteiger partial charge is 0.342 e. The molecule has 9 heteroatoms. The molecule has 29 heavy (non-hydrogen) atoms. The summed E-state index contributed by atoms with van der Waals surface area (Å²) in [7, 11) is 0. The van der Waals surface area contributed by atoms with Crippen molar-refractivity contribution < 1.29 is 22.8 Å². The number of hydrogen-bond acceptors (Lipinski definition) is 3. The predicted molar refractivity (Wildman–Crippen MR) is 101 cm³/mol. The van der Waals surface area contributed by atoms with Gasteiger partial charge in [-0.2, -0.15) is 18.3 Å². The van der Waals surface area contributed by atoms with Crippen LogP contribution in [-0.2, 0) is 11.0 Å². The molecule has 0 N–H and O–H groups in total. The molecule has 2 aliphatic heterocycles. The average Bonchev–Trinajstić information content (AvgIpc) is 2.97. The maximum atomic E-state index is 13.6. The van der Waals surface area contributed by atoms with Crippen LogP contribution in [0.2, 0.25) is 0 Å². The standard InChI is InChI=1S/C20H29F3N4O2/c1-14(2)27-17(20(21,22)23)16(13-24-27)19(29)26-11-7-15(8-12-26)18(28)25-9-5-3-4-6-10-25/h13-15H,3-12H2,1-2H3. The summed E-state index contributed by atoms with van der Waals surface area (Å²) in [6, 6.07) is -0.509. The largest absolute Gasteiger partial charge is 0.433 e. The van der Waals surface area contributed by atoms with Gasteiger partial charge < -0.3 is 9.80 Å². The van der Waals surface area contributed by atoms with Crippen molar-refractivity contribution in [3.63, 3.8) is 0 Å². The zero-order valence-electron chi connectivity index (χ0n) is 17.0. The first kappa shape index (κ1) is 21.6. The highest BCUT2D eigenvalue weighted by molar-refractivity contribution is 5.95. The highest BCUT2D eigenvalue weighted by Gasteiger charge is 2.42. The molecular weight excluding hydrogens is 385 g/mol. The van der Waals surface area contributed by atoms with Gasteiger partial charge in [-0.05, 0) is 39.5 Å². The summed E-state index contributed by atoms with van der Waals surface area (Å²) < 4.78 is 41.5.